The molecular formula is C12H18BrN3O2. The maximum atomic E-state index is 12.2. The van der Waals surface area contributed by atoms with E-state index in [2.05, 4.69) is 25.9 Å². The molecule has 1 amide bonds. The van der Waals surface area contributed by atoms with Crippen LogP contribution >= 0.6 is 15.9 Å². The van der Waals surface area contributed by atoms with Gasteiger partial charge in [-0.25, -0.2) is 4.98 Å². The van der Waals surface area contributed by atoms with E-state index >= 15 is 0 Å². The van der Waals surface area contributed by atoms with Gasteiger partial charge in [-0.3, -0.25) is 4.79 Å². The molecule has 0 radical (unpaired) electrons. The zero-order valence-electron chi connectivity index (χ0n) is 10.6. The molecule has 0 unspecified atom stereocenters. The number of ether oxygens (including phenoxy) is 1. The number of imidazole rings is 1. The Bertz CT molecular complexity index is 421. The predicted molar refractivity (Wildman–Crippen MR) is 71.1 cm³/mol. The largest absolute Gasteiger partial charge is 0.381 e. The number of aromatic nitrogens is 2. The summed E-state index contributed by atoms with van der Waals surface area (Å²) >= 11 is 3.35. The second-order valence-electron chi connectivity index (χ2n) is 4.61. The van der Waals surface area contributed by atoms with Crippen molar-refractivity contribution in [3.05, 3.63) is 16.6 Å². The van der Waals surface area contributed by atoms with Crippen LogP contribution in [-0.4, -0.2) is 40.5 Å². The summed E-state index contributed by atoms with van der Waals surface area (Å²) in [5, 5.41) is 0. The minimum absolute atomic E-state index is 0.0397. The average Bonchev–Trinajstić information content (AvgIpc) is 2.96. The van der Waals surface area contributed by atoms with E-state index in [-0.39, 0.29) is 18.1 Å². The Kier molecular flexibility index (Phi) is 4.40. The lowest BCUT2D eigenvalue weighted by molar-refractivity contribution is -0.134. The summed E-state index contributed by atoms with van der Waals surface area (Å²) in [6, 6.07) is 0.0767. The van der Waals surface area contributed by atoms with Crippen LogP contribution in [0.25, 0.3) is 0 Å². The fourth-order valence-electron chi connectivity index (χ4n) is 2.28. The summed E-state index contributed by atoms with van der Waals surface area (Å²) < 4.78 is 6.00. The van der Waals surface area contributed by atoms with Gasteiger partial charge >= 0.3 is 0 Å². The summed E-state index contributed by atoms with van der Waals surface area (Å²) in [5.41, 5.74) is 0. The minimum atomic E-state index is -0.0397. The Hall–Kier alpha value is -0.880. The van der Waals surface area contributed by atoms with Crippen LogP contribution < -0.4 is 0 Å². The third-order valence-corrected chi connectivity index (χ3v) is 3.72. The molecule has 1 fully saturated rings. The third kappa shape index (κ3) is 2.92. The van der Waals surface area contributed by atoms with Crippen molar-refractivity contribution in [1.82, 2.24) is 14.9 Å². The fourth-order valence-corrected chi connectivity index (χ4v) is 2.58. The van der Waals surface area contributed by atoms with Crippen molar-refractivity contribution in [1.29, 1.82) is 0 Å². The second-order valence-corrected chi connectivity index (χ2v) is 5.47. The topological polar surface area (TPSA) is 58.2 Å². The van der Waals surface area contributed by atoms with E-state index in [0.717, 1.165) is 29.8 Å². The number of H-pyrrole nitrogens is 1. The highest BCUT2D eigenvalue weighted by atomic mass is 79.9. The maximum Gasteiger partial charge on any atom is 0.225 e. The number of hydrogen-bond donors (Lipinski definition) is 1. The number of carbonyl (C=O) groups excluding carboxylic acids is 1. The molecule has 1 aliphatic heterocycles. The molecule has 0 bridgehead atoms. The summed E-state index contributed by atoms with van der Waals surface area (Å²) in [5.74, 6) is 0.997. The number of amides is 1. The van der Waals surface area contributed by atoms with Crippen LogP contribution in [0.4, 0.5) is 0 Å². The molecule has 100 valence electrons. The summed E-state index contributed by atoms with van der Waals surface area (Å²) in [7, 11) is 1.63. The first-order valence-corrected chi connectivity index (χ1v) is 6.93. The smallest absolute Gasteiger partial charge is 0.225 e. The highest BCUT2D eigenvalue weighted by Crippen LogP contribution is 2.31. The molecule has 2 heterocycles. The quantitative estimate of drug-likeness (QED) is 0.927. The van der Waals surface area contributed by atoms with Crippen LogP contribution in [0.2, 0.25) is 0 Å². The molecule has 5 nitrogen and oxygen atoms in total. The number of halogens is 1. The molecule has 1 saturated heterocycles. The number of nitrogens with zero attached hydrogens (tertiary/aromatic N) is 2. The zero-order chi connectivity index (χ0) is 13.1. The lowest BCUT2D eigenvalue weighted by Crippen LogP contribution is -2.33. The van der Waals surface area contributed by atoms with Crippen molar-refractivity contribution < 1.29 is 9.53 Å². The lowest BCUT2D eigenvalue weighted by Gasteiger charge is -2.24. The minimum Gasteiger partial charge on any atom is -0.381 e. The molecule has 6 heteroatoms. The molecule has 18 heavy (non-hydrogen) atoms. The number of rotatable bonds is 4. The van der Waals surface area contributed by atoms with Crippen molar-refractivity contribution in [3.63, 3.8) is 0 Å². The van der Waals surface area contributed by atoms with Crippen molar-refractivity contribution in [2.45, 2.75) is 38.3 Å². The van der Waals surface area contributed by atoms with Gasteiger partial charge in [0.25, 0.3) is 0 Å². The first-order valence-electron chi connectivity index (χ1n) is 6.14. The zero-order valence-corrected chi connectivity index (χ0v) is 12.2. The first-order chi connectivity index (χ1) is 8.61. The van der Waals surface area contributed by atoms with Crippen LogP contribution in [0.15, 0.2) is 10.8 Å². The Morgan fingerprint density at radius 1 is 1.78 bits per heavy atom. The molecule has 0 spiro atoms. The number of carbonyl (C=O) groups is 1. The van der Waals surface area contributed by atoms with E-state index < -0.39 is 0 Å². The Balaban J connectivity index is 2.05. The number of hydrogen-bond acceptors (Lipinski definition) is 3. The molecule has 0 saturated carbocycles. The van der Waals surface area contributed by atoms with Gasteiger partial charge in [0.05, 0.1) is 24.8 Å². The third-order valence-electron chi connectivity index (χ3n) is 3.32. The standard InChI is InChI=1S/C12H18BrN3O2/c1-8(18-2)6-11(17)16-5-3-4-9(16)12-14-7-10(13)15-12/h7-9H,3-6H2,1-2H3,(H,14,15)/t8-,9+/m1/s1. The van der Waals surface area contributed by atoms with Gasteiger partial charge in [0, 0.05) is 13.7 Å². The highest BCUT2D eigenvalue weighted by molar-refractivity contribution is 9.10. The Morgan fingerprint density at radius 2 is 2.56 bits per heavy atom. The van der Waals surface area contributed by atoms with Gasteiger partial charge in [-0.05, 0) is 35.7 Å². The molecule has 2 rings (SSSR count). The van der Waals surface area contributed by atoms with Crippen LogP contribution in [-0.2, 0) is 9.53 Å². The number of aromatic amines is 1. The van der Waals surface area contributed by atoms with Gasteiger partial charge in [0.2, 0.25) is 5.91 Å². The Morgan fingerprint density at radius 3 is 3.17 bits per heavy atom. The van der Waals surface area contributed by atoms with Gasteiger partial charge < -0.3 is 14.6 Å². The van der Waals surface area contributed by atoms with Crippen LogP contribution in [0.3, 0.4) is 0 Å². The average molecular weight is 316 g/mol. The summed E-state index contributed by atoms with van der Waals surface area (Å²) in [6.07, 6.45) is 4.11. The second kappa shape index (κ2) is 5.84. The molecule has 0 aromatic carbocycles. The SMILES string of the molecule is CO[C@H](C)CC(=O)N1CCC[C@H]1c1ncc(Br)[nH]1. The van der Waals surface area contributed by atoms with Crippen molar-refractivity contribution >= 4 is 21.8 Å². The van der Waals surface area contributed by atoms with E-state index in [1.165, 1.54) is 0 Å². The maximum absolute atomic E-state index is 12.2. The van der Waals surface area contributed by atoms with E-state index in [4.69, 9.17) is 4.74 Å². The number of likely N-dealkylation sites (tertiary alicyclic amines) is 1. The molecule has 1 aliphatic rings. The van der Waals surface area contributed by atoms with Gasteiger partial charge in [-0.2, -0.15) is 0 Å². The highest BCUT2D eigenvalue weighted by Gasteiger charge is 2.32. The molecule has 0 aliphatic carbocycles. The number of methoxy groups -OCH3 is 1. The van der Waals surface area contributed by atoms with Crippen molar-refractivity contribution in [3.8, 4) is 0 Å². The molecule has 1 N–H and O–H groups in total. The van der Waals surface area contributed by atoms with Gasteiger partial charge in [-0.1, -0.05) is 0 Å². The van der Waals surface area contributed by atoms with Crippen LogP contribution in [0.1, 0.15) is 38.1 Å². The van der Waals surface area contributed by atoms with E-state index in [1.807, 2.05) is 11.8 Å². The monoisotopic (exact) mass is 315 g/mol. The molecule has 2 atom stereocenters. The van der Waals surface area contributed by atoms with Gasteiger partial charge in [0.1, 0.15) is 10.4 Å². The van der Waals surface area contributed by atoms with Crippen LogP contribution in [0, 0.1) is 0 Å². The van der Waals surface area contributed by atoms with Gasteiger partial charge in [-0.15, -0.1) is 0 Å². The van der Waals surface area contributed by atoms with E-state index in [1.54, 1.807) is 13.3 Å². The van der Waals surface area contributed by atoms with Crippen LogP contribution in [0.5, 0.6) is 0 Å². The van der Waals surface area contributed by atoms with E-state index in [9.17, 15) is 4.79 Å². The van der Waals surface area contributed by atoms with E-state index in [0.29, 0.717) is 6.42 Å². The molecule has 1 aromatic heterocycles. The summed E-state index contributed by atoms with van der Waals surface area (Å²) in [6.45, 7) is 2.71. The predicted octanol–water partition coefficient (Wildman–Crippen LogP) is 2.26. The molecule has 1 aromatic rings. The van der Waals surface area contributed by atoms with Crippen molar-refractivity contribution in [2.24, 2.45) is 0 Å². The molecular weight excluding hydrogens is 298 g/mol. The van der Waals surface area contributed by atoms with Gasteiger partial charge in [0.15, 0.2) is 0 Å². The normalized spacial score (nSPS) is 21.3. The lowest BCUT2D eigenvalue weighted by atomic mass is 10.2. The number of nitrogens with one attached hydrogen (secondary N) is 1. The first kappa shape index (κ1) is 13.5. The van der Waals surface area contributed by atoms with Crippen molar-refractivity contribution in [2.75, 3.05) is 13.7 Å². The fraction of sp³-hybridized carbons (Fsp3) is 0.667. The summed E-state index contributed by atoms with van der Waals surface area (Å²) in [4.78, 5) is 21.6. The Labute approximate surface area is 115 Å².